The molecule has 3 saturated heterocycles. The van der Waals surface area contributed by atoms with Gasteiger partial charge in [-0.3, -0.25) is 14.4 Å². The van der Waals surface area contributed by atoms with E-state index < -0.39 is 28.7 Å². The predicted octanol–water partition coefficient (Wildman–Crippen LogP) is 5.89. The molecular weight excluding hydrogens is 622 g/mol. The molecule has 0 aromatic heterocycles. The largest absolute Gasteiger partial charge is 0.494 e. The van der Waals surface area contributed by atoms with Crippen LogP contribution in [0.25, 0.3) is 0 Å². The number of aliphatic hydroxyl groups is 1. The van der Waals surface area contributed by atoms with Gasteiger partial charge in [0.2, 0.25) is 11.8 Å². The van der Waals surface area contributed by atoms with Crippen LogP contribution in [0.2, 0.25) is 5.02 Å². The van der Waals surface area contributed by atoms with Gasteiger partial charge in [0.15, 0.2) is 0 Å². The van der Waals surface area contributed by atoms with E-state index in [1.54, 1.807) is 44.7 Å². The van der Waals surface area contributed by atoms with Gasteiger partial charge in [0.1, 0.15) is 11.8 Å². The minimum atomic E-state index is -0.897. The average molecular weight is 666 g/mol. The minimum Gasteiger partial charge on any atom is -0.494 e. The fourth-order valence-electron chi connectivity index (χ4n) is 7.68. The summed E-state index contributed by atoms with van der Waals surface area (Å²) in [7, 11) is 0. The van der Waals surface area contributed by atoms with E-state index in [2.05, 4.69) is 13.2 Å². The molecule has 3 aliphatic heterocycles. The Balaban J connectivity index is 1.60. The van der Waals surface area contributed by atoms with Gasteiger partial charge in [0.05, 0.1) is 46.5 Å². The lowest BCUT2D eigenvalue weighted by atomic mass is 9.70. The monoisotopic (exact) mass is 665 g/mol. The van der Waals surface area contributed by atoms with Gasteiger partial charge >= 0.3 is 0 Å². The summed E-state index contributed by atoms with van der Waals surface area (Å²) < 4.78 is 4.77. The number of amides is 3. The van der Waals surface area contributed by atoms with E-state index in [-0.39, 0.29) is 48.6 Å². The number of carbonyl (C=O) groups is 3. The van der Waals surface area contributed by atoms with Gasteiger partial charge in [-0.15, -0.1) is 24.9 Å². The first-order valence-electron chi connectivity index (χ1n) is 16.0. The van der Waals surface area contributed by atoms with E-state index in [0.717, 1.165) is 5.56 Å². The molecule has 2 aromatic rings. The van der Waals surface area contributed by atoms with Gasteiger partial charge in [-0.2, -0.15) is 0 Å². The normalized spacial score (nSPS) is 25.4. The zero-order valence-electron chi connectivity index (χ0n) is 27.0. The number of thioether (sulfide) groups is 1. The van der Waals surface area contributed by atoms with Crippen LogP contribution in [0.15, 0.2) is 67.8 Å². The van der Waals surface area contributed by atoms with Gasteiger partial charge in [-0.05, 0) is 68.5 Å². The topological polar surface area (TPSA) is 90.4 Å². The number of ether oxygens (including phenoxy) is 1. The van der Waals surface area contributed by atoms with Crippen molar-refractivity contribution in [3.63, 3.8) is 0 Å². The molecule has 2 unspecified atom stereocenters. The van der Waals surface area contributed by atoms with Crippen LogP contribution in [0.4, 0.5) is 11.4 Å². The summed E-state index contributed by atoms with van der Waals surface area (Å²) in [5.74, 6) is -1.48. The van der Waals surface area contributed by atoms with Crippen molar-refractivity contribution < 1.29 is 24.2 Å². The molecule has 0 aliphatic carbocycles. The molecule has 6 atom stereocenters. The number of carbonyl (C=O) groups excluding carboxylic acids is 3. The van der Waals surface area contributed by atoms with Crippen molar-refractivity contribution in [3.8, 4) is 5.75 Å². The lowest BCUT2D eigenvalue weighted by Crippen LogP contribution is -2.58. The maximum Gasteiger partial charge on any atom is 0.251 e. The molecule has 46 heavy (non-hydrogen) atoms. The number of fused-ring (bicyclic) bond motifs is 1. The highest BCUT2D eigenvalue weighted by molar-refractivity contribution is 8.02. The van der Waals surface area contributed by atoms with Crippen LogP contribution in [0.3, 0.4) is 0 Å². The Bertz CT molecular complexity index is 1480. The van der Waals surface area contributed by atoms with Gasteiger partial charge < -0.3 is 24.5 Å². The van der Waals surface area contributed by atoms with Crippen LogP contribution in [0.5, 0.6) is 5.75 Å². The fraction of sp³-hybridized carbons (Fsp3) is 0.472. The van der Waals surface area contributed by atoms with E-state index in [9.17, 15) is 19.5 Å². The van der Waals surface area contributed by atoms with E-state index in [4.69, 9.17) is 16.3 Å². The van der Waals surface area contributed by atoms with Crippen LogP contribution >= 0.6 is 23.4 Å². The Labute approximate surface area is 281 Å². The van der Waals surface area contributed by atoms with Crippen molar-refractivity contribution in [1.82, 2.24) is 4.90 Å². The number of halogens is 1. The molecular formula is C36H44ClN3O5S. The number of benzene rings is 2. The van der Waals surface area contributed by atoms with Crippen molar-refractivity contribution in [2.75, 3.05) is 36.1 Å². The summed E-state index contributed by atoms with van der Waals surface area (Å²) in [6.07, 6.45) is 4.64. The lowest BCUT2D eigenvalue weighted by molar-refractivity contribution is -0.142. The third kappa shape index (κ3) is 5.64. The molecule has 1 N–H and O–H groups in total. The van der Waals surface area contributed by atoms with Crippen LogP contribution in [-0.2, 0) is 14.4 Å². The van der Waals surface area contributed by atoms with Crippen LogP contribution in [-0.4, -0.2) is 76.1 Å². The molecule has 1 spiro atoms. The number of para-hydroxylation sites is 1. The summed E-state index contributed by atoms with van der Waals surface area (Å²) in [5.41, 5.74) is 2.08. The second-order valence-corrected chi connectivity index (χ2v) is 14.6. The molecule has 0 saturated carbocycles. The van der Waals surface area contributed by atoms with E-state index in [0.29, 0.717) is 41.6 Å². The number of nitrogens with zero attached hydrogens (tertiary/aromatic N) is 3. The second kappa shape index (κ2) is 13.8. The van der Waals surface area contributed by atoms with Crippen molar-refractivity contribution in [2.45, 2.75) is 62.6 Å². The molecule has 3 heterocycles. The number of aryl methyl sites for hydroxylation is 1. The highest BCUT2D eigenvalue weighted by Gasteiger charge is 2.75. The second-order valence-electron chi connectivity index (χ2n) is 12.6. The third-order valence-corrected chi connectivity index (χ3v) is 11.9. The first-order valence-corrected chi connectivity index (χ1v) is 17.2. The molecule has 246 valence electrons. The number of anilines is 2. The highest BCUT2D eigenvalue weighted by atomic mass is 35.5. The molecule has 3 aliphatic rings. The summed E-state index contributed by atoms with van der Waals surface area (Å²) in [6.45, 7) is 16.2. The number of aliphatic hydroxyl groups excluding tert-OH is 1. The van der Waals surface area contributed by atoms with Crippen LogP contribution in [0, 0.1) is 24.7 Å². The summed E-state index contributed by atoms with van der Waals surface area (Å²) in [4.78, 5) is 49.3. The molecule has 2 bridgehead atoms. The number of rotatable bonds is 13. The molecule has 0 radical (unpaired) electrons. The van der Waals surface area contributed by atoms with E-state index in [1.165, 1.54) is 0 Å². The van der Waals surface area contributed by atoms with Crippen LogP contribution in [0.1, 0.15) is 39.2 Å². The first kappa shape index (κ1) is 34.1. The fourth-order valence-corrected chi connectivity index (χ4v) is 10.2. The quantitative estimate of drug-likeness (QED) is 0.268. The van der Waals surface area contributed by atoms with Gasteiger partial charge in [0, 0.05) is 24.0 Å². The lowest BCUT2D eigenvalue weighted by Gasteiger charge is -2.41. The molecule has 8 nitrogen and oxygen atoms in total. The molecule has 10 heteroatoms. The van der Waals surface area contributed by atoms with Gasteiger partial charge in [-0.1, -0.05) is 49.7 Å². The molecule has 5 rings (SSSR count). The number of likely N-dealkylation sites (tertiary alicyclic amines) is 1. The average Bonchev–Trinajstić information content (AvgIpc) is 3.67. The predicted molar refractivity (Wildman–Crippen MR) is 186 cm³/mol. The van der Waals surface area contributed by atoms with Gasteiger partial charge in [-0.25, -0.2) is 0 Å². The maximum absolute atomic E-state index is 15.0. The van der Waals surface area contributed by atoms with Crippen LogP contribution < -0.4 is 14.5 Å². The number of hydrogen-bond acceptors (Lipinski definition) is 6. The standard InChI is InChI=1S/C36H44ClN3O5S/c1-7-19-38(24-13-15-25(16-14-24)45-9-3)33(42)29-28-17-18-36(46-28)30(29)34(43)40(27(21-41)22(4)5)32(36)35(44)39(20-8-2)31-23(6)11-10-12-26(31)37/h7-8,10-16,22,27-30,32,41H,1-2,9,17-21H2,3-6H3/t27-,28-,29+,30-,32?,36?/m0/s1. The third-order valence-electron chi connectivity index (χ3n) is 9.64. The Kier molecular flexibility index (Phi) is 10.3. The molecule has 3 amide bonds. The Morgan fingerprint density at radius 2 is 1.80 bits per heavy atom. The summed E-state index contributed by atoms with van der Waals surface area (Å²) in [6, 6.07) is 11.3. The van der Waals surface area contributed by atoms with Crippen molar-refractivity contribution in [2.24, 2.45) is 17.8 Å². The zero-order valence-corrected chi connectivity index (χ0v) is 28.6. The maximum atomic E-state index is 15.0. The minimum absolute atomic E-state index is 0.129. The number of hydrogen-bond donors (Lipinski definition) is 1. The Hall–Kier alpha value is -3.27. The summed E-state index contributed by atoms with van der Waals surface area (Å²) >= 11 is 8.30. The SMILES string of the molecule is C=CCN(C(=O)[C@@H]1[C@@H]2CCC3(S2)C(C(=O)N(CC=C)c2c(C)cccc2Cl)N([C@@H](CO)C(C)C)C(=O)[C@H]13)c1ccc(OCC)cc1. The van der Waals surface area contributed by atoms with Crippen molar-refractivity contribution in [1.29, 1.82) is 0 Å². The Morgan fingerprint density at radius 3 is 2.39 bits per heavy atom. The smallest absolute Gasteiger partial charge is 0.251 e. The first-order chi connectivity index (χ1) is 22.1. The van der Waals surface area contributed by atoms with E-state index >= 15 is 0 Å². The summed E-state index contributed by atoms with van der Waals surface area (Å²) in [5, 5.41) is 10.9. The van der Waals surface area contributed by atoms with Gasteiger partial charge in [0.25, 0.3) is 5.91 Å². The zero-order chi connectivity index (χ0) is 33.3. The van der Waals surface area contributed by atoms with E-state index in [1.807, 2.05) is 64.1 Å². The highest BCUT2D eigenvalue weighted by Crippen LogP contribution is 2.67. The molecule has 2 aromatic carbocycles. The molecule has 3 fully saturated rings. The Morgan fingerprint density at radius 1 is 1.13 bits per heavy atom. The van der Waals surface area contributed by atoms with Crippen molar-refractivity contribution >= 4 is 52.5 Å². The van der Waals surface area contributed by atoms with Crippen molar-refractivity contribution in [3.05, 3.63) is 78.4 Å².